The van der Waals surface area contributed by atoms with Crippen molar-refractivity contribution in [2.24, 2.45) is 0 Å². The second-order valence-electron chi connectivity index (χ2n) is 4.73. The molecule has 23 heavy (non-hydrogen) atoms. The molecule has 0 aliphatic carbocycles. The smallest absolute Gasteiger partial charge is 0.210 e. The van der Waals surface area contributed by atoms with Crippen LogP contribution in [-0.2, 0) is 21.9 Å². The summed E-state index contributed by atoms with van der Waals surface area (Å²) in [6.45, 7) is 0.321. The highest BCUT2D eigenvalue weighted by Crippen LogP contribution is 2.31. The quantitative estimate of drug-likeness (QED) is 0.703. The molecule has 0 bridgehead atoms. The van der Waals surface area contributed by atoms with Crippen LogP contribution in [0.1, 0.15) is 5.56 Å². The van der Waals surface area contributed by atoms with Crippen molar-refractivity contribution in [3.8, 4) is 5.75 Å². The third-order valence-electron chi connectivity index (χ3n) is 3.21. The average Bonchev–Trinajstić information content (AvgIpc) is 2.59. The Morgan fingerprint density at radius 1 is 1.22 bits per heavy atom. The maximum Gasteiger partial charge on any atom is 0.210 e. The Kier molecular flexibility index (Phi) is 4.61. The standard InChI is InChI=1S/C16H13FN2O3S/c17-13-9-14(16(20)15-12(13)7-4-8-18-15)23(21)22-19-10-11-5-2-1-3-6-11/h1-9,19-20H,10H2. The van der Waals surface area contributed by atoms with Crippen LogP contribution in [0.2, 0.25) is 0 Å². The van der Waals surface area contributed by atoms with Crippen LogP contribution in [0.4, 0.5) is 4.39 Å². The fraction of sp³-hybridized carbons (Fsp3) is 0.0625. The number of hydrogen-bond acceptors (Lipinski definition) is 5. The summed E-state index contributed by atoms with van der Waals surface area (Å²) in [5, 5.41) is 10.3. The van der Waals surface area contributed by atoms with E-state index in [1.165, 1.54) is 12.3 Å². The van der Waals surface area contributed by atoms with Gasteiger partial charge in [0.25, 0.3) is 0 Å². The fourth-order valence-electron chi connectivity index (χ4n) is 2.10. The number of fused-ring (bicyclic) bond motifs is 1. The van der Waals surface area contributed by atoms with Crippen LogP contribution < -0.4 is 5.48 Å². The predicted molar refractivity (Wildman–Crippen MR) is 84.1 cm³/mol. The van der Waals surface area contributed by atoms with Gasteiger partial charge >= 0.3 is 0 Å². The summed E-state index contributed by atoms with van der Waals surface area (Å²) < 4.78 is 31.1. The molecule has 118 valence electrons. The lowest BCUT2D eigenvalue weighted by molar-refractivity contribution is 0.215. The van der Waals surface area contributed by atoms with Crippen LogP contribution in [0.5, 0.6) is 5.75 Å². The lowest BCUT2D eigenvalue weighted by atomic mass is 10.2. The van der Waals surface area contributed by atoms with E-state index in [0.29, 0.717) is 6.54 Å². The molecule has 0 saturated heterocycles. The van der Waals surface area contributed by atoms with Gasteiger partial charge in [-0.3, -0.25) is 4.98 Å². The molecule has 1 heterocycles. The van der Waals surface area contributed by atoms with Crippen LogP contribution in [-0.4, -0.2) is 14.3 Å². The Labute approximate surface area is 134 Å². The van der Waals surface area contributed by atoms with Gasteiger partial charge in [-0.25, -0.2) is 8.60 Å². The normalized spacial score (nSPS) is 12.4. The Morgan fingerprint density at radius 3 is 2.78 bits per heavy atom. The molecule has 1 atom stereocenters. The van der Waals surface area contributed by atoms with E-state index in [9.17, 15) is 13.7 Å². The third kappa shape index (κ3) is 3.37. The van der Waals surface area contributed by atoms with Crippen LogP contribution in [0.25, 0.3) is 10.9 Å². The van der Waals surface area contributed by atoms with E-state index in [1.54, 1.807) is 6.07 Å². The van der Waals surface area contributed by atoms with Crippen LogP contribution >= 0.6 is 0 Å². The van der Waals surface area contributed by atoms with Gasteiger partial charge in [0.05, 0.1) is 0 Å². The van der Waals surface area contributed by atoms with Crippen molar-refractivity contribution in [2.45, 2.75) is 11.4 Å². The fourth-order valence-corrected chi connectivity index (χ4v) is 2.81. The van der Waals surface area contributed by atoms with Crippen molar-refractivity contribution in [3.63, 3.8) is 0 Å². The number of hydroxylamine groups is 1. The first-order valence-electron chi connectivity index (χ1n) is 6.79. The average molecular weight is 332 g/mol. The first-order valence-corrected chi connectivity index (χ1v) is 7.86. The topological polar surface area (TPSA) is 71.5 Å². The number of nitrogens with one attached hydrogen (secondary N) is 1. The van der Waals surface area contributed by atoms with E-state index in [-0.39, 0.29) is 21.5 Å². The molecule has 0 amide bonds. The maximum atomic E-state index is 14.0. The number of nitrogens with zero attached hydrogens (tertiary/aromatic N) is 1. The van der Waals surface area contributed by atoms with Gasteiger partial charge in [-0.1, -0.05) is 30.3 Å². The molecular formula is C16H13FN2O3S. The third-order valence-corrected chi connectivity index (χ3v) is 4.15. The van der Waals surface area contributed by atoms with Gasteiger partial charge in [0, 0.05) is 18.1 Å². The molecule has 0 saturated carbocycles. The van der Waals surface area contributed by atoms with E-state index >= 15 is 0 Å². The molecule has 0 aliphatic rings. The number of pyridine rings is 1. The number of phenols is 1. The Morgan fingerprint density at radius 2 is 2.00 bits per heavy atom. The summed E-state index contributed by atoms with van der Waals surface area (Å²) in [6.07, 6.45) is 1.42. The first-order chi connectivity index (χ1) is 11.2. The number of halogens is 1. The predicted octanol–water partition coefficient (Wildman–Crippen LogP) is 2.82. The van der Waals surface area contributed by atoms with E-state index < -0.39 is 16.9 Å². The lowest BCUT2D eigenvalue weighted by Crippen LogP contribution is -2.16. The molecule has 7 heteroatoms. The zero-order chi connectivity index (χ0) is 16.2. The largest absolute Gasteiger partial charge is 0.504 e. The Hall–Kier alpha value is -2.35. The summed E-state index contributed by atoms with van der Waals surface area (Å²) in [4.78, 5) is 3.74. The molecule has 5 nitrogen and oxygen atoms in total. The molecule has 0 aliphatic heterocycles. The van der Waals surface area contributed by atoms with Gasteiger partial charge in [0.15, 0.2) is 5.75 Å². The Balaban J connectivity index is 1.77. The zero-order valence-corrected chi connectivity index (χ0v) is 12.7. The molecule has 1 aromatic heterocycles. The monoisotopic (exact) mass is 332 g/mol. The minimum Gasteiger partial charge on any atom is -0.504 e. The van der Waals surface area contributed by atoms with E-state index in [0.717, 1.165) is 11.6 Å². The Bertz CT molecular complexity index is 859. The summed E-state index contributed by atoms with van der Waals surface area (Å²) in [5.41, 5.74) is 3.52. The summed E-state index contributed by atoms with van der Waals surface area (Å²) in [5.74, 6) is -0.984. The number of rotatable bonds is 5. The minimum absolute atomic E-state index is 0.0440. The van der Waals surface area contributed by atoms with Gasteiger partial charge in [0.1, 0.15) is 16.2 Å². The molecular weight excluding hydrogens is 319 g/mol. The maximum absolute atomic E-state index is 14.0. The summed E-state index contributed by atoms with van der Waals surface area (Å²) in [7, 11) is 0. The highest BCUT2D eigenvalue weighted by atomic mass is 32.2. The van der Waals surface area contributed by atoms with Gasteiger partial charge in [-0.2, -0.15) is 9.76 Å². The number of aromatic hydroxyl groups is 1. The number of phenolic OH excluding ortho intramolecular Hbond substituents is 1. The number of hydrogen-bond donors (Lipinski definition) is 2. The highest BCUT2D eigenvalue weighted by Gasteiger charge is 2.18. The second-order valence-corrected chi connectivity index (χ2v) is 5.81. The SMILES string of the molecule is O=S(ONCc1ccccc1)c1cc(F)c2cccnc2c1O. The van der Waals surface area contributed by atoms with Crippen molar-refractivity contribution < 1.29 is 18.0 Å². The molecule has 0 radical (unpaired) electrons. The molecule has 3 rings (SSSR count). The lowest BCUT2D eigenvalue weighted by Gasteiger charge is -2.09. The van der Waals surface area contributed by atoms with Crippen molar-refractivity contribution in [3.05, 3.63) is 66.1 Å². The zero-order valence-electron chi connectivity index (χ0n) is 11.9. The van der Waals surface area contributed by atoms with Crippen LogP contribution in [0.3, 0.4) is 0 Å². The number of benzene rings is 2. The minimum atomic E-state index is -2.08. The van der Waals surface area contributed by atoms with Crippen LogP contribution in [0.15, 0.2) is 59.6 Å². The van der Waals surface area contributed by atoms with Gasteiger partial charge in [-0.15, -0.1) is 0 Å². The molecule has 0 fully saturated rings. The molecule has 3 aromatic rings. The molecule has 2 aromatic carbocycles. The molecule has 1 unspecified atom stereocenters. The van der Waals surface area contributed by atoms with Crippen molar-refractivity contribution in [1.29, 1.82) is 0 Å². The van der Waals surface area contributed by atoms with Crippen molar-refractivity contribution >= 4 is 22.0 Å². The van der Waals surface area contributed by atoms with Gasteiger partial charge in [0.2, 0.25) is 11.1 Å². The first kappa shape index (κ1) is 15.5. The number of aromatic nitrogens is 1. The van der Waals surface area contributed by atoms with E-state index in [4.69, 9.17) is 4.28 Å². The second kappa shape index (κ2) is 6.82. The van der Waals surface area contributed by atoms with Gasteiger partial charge in [-0.05, 0) is 23.8 Å². The van der Waals surface area contributed by atoms with Gasteiger partial charge < -0.3 is 5.11 Å². The van der Waals surface area contributed by atoms with Crippen molar-refractivity contribution in [1.82, 2.24) is 10.5 Å². The van der Waals surface area contributed by atoms with E-state index in [2.05, 4.69) is 10.5 Å². The van der Waals surface area contributed by atoms with Crippen LogP contribution in [0, 0.1) is 5.82 Å². The van der Waals surface area contributed by atoms with Crippen molar-refractivity contribution in [2.75, 3.05) is 0 Å². The molecule has 0 spiro atoms. The highest BCUT2D eigenvalue weighted by molar-refractivity contribution is 7.80. The van der Waals surface area contributed by atoms with E-state index in [1.807, 2.05) is 30.3 Å². The molecule has 2 N–H and O–H groups in total. The summed E-state index contributed by atoms with van der Waals surface area (Å²) in [6, 6.07) is 13.4. The summed E-state index contributed by atoms with van der Waals surface area (Å²) >= 11 is -2.08.